The molecule has 28 heavy (non-hydrogen) atoms. The number of likely N-dealkylation sites (N-methyl/N-ethyl adjacent to an activating group) is 1. The number of hydrogen-bond acceptors (Lipinski definition) is 6. The Morgan fingerprint density at radius 3 is 2.71 bits per heavy atom. The van der Waals surface area contributed by atoms with Gasteiger partial charge in [-0.25, -0.2) is 4.99 Å². The maximum absolute atomic E-state index is 12.6. The number of halogens is 2. The number of ketones is 1. The molecule has 1 spiro atoms. The highest BCUT2D eigenvalue weighted by Crippen LogP contribution is 2.47. The summed E-state index contributed by atoms with van der Waals surface area (Å²) in [6, 6.07) is 5.26. The molecule has 0 bridgehead atoms. The fourth-order valence-corrected chi connectivity index (χ4v) is 4.77. The van der Waals surface area contributed by atoms with Gasteiger partial charge in [-0.15, -0.1) is 0 Å². The number of allylic oxidation sites excluding steroid dienone is 1. The van der Waals surface area contributed by atoms with Gasteiger partial charge in [-0.05, 0) is 36.6 Å². The minimum atomic E-state index is -0.769. The highest BCUT2D eigenvalue weighted by Gasteiger charge is 2.55. The summed E-state index contributed by atoms with van der Waals surface area (Å²) in [5.41, 5.74) is 2.74. The molecule has 2 aliphatic heterocycles. The smallest absolute Gasteiger partial charge is 0.205 e. The molecule has 1 aromatic carbocycles. The quantitative estimate of drug-likeness (QED) is 0.782. The summed E-state index contributed by atoms with van der Waals surface area (Å²) in [7, 11) is 1.88. The van der Waals surface area contributed by atoms with Crippen LogP contribution in [0.1, 0.15) is 26.2 Å². The maximum atomic E-state index is 12.6. The van der Waals surface area contributed by atoms with Gasteiger partial charge in [0.2, 0.25) is 5.96 Å². The van der Waals surface area contributed by atoms with E-state index in [0.29, 0.717) is 40.4 Å². The summed E-state index contributed by atoms with van der Waals surface area (Å²) in [5.74, 6) is 1.22. The number of hydrogen-bond donors (Lipinski definition) is 2. The maximum Gasteiger partial charge on any atom is 0.205 e. The molecule has 0 radical (unpaired) electrons. The van der Waals surface area contributed by atoms with Crippen LogP contribution in [0.25, 0.3) is 0 Å². The van der Waals surface area contributed by atoms with Crippen molar-refractivity contribution < 1.29 is 9.90 Å². The Labute approximate surface area is 173 Å². The third kappa shape index (κ3) is 2.79. The Balaban J connectivity index is 1.81. The molecule has 0 saturated heterocycles. The molecule has 0 aromatic heterocycles. The van der Waals surface area contributed by atoms with E-state index >= 15 is 0 Å². The third-order valence-electron chi connectivity index (χ3n) is 5.47. The van der Waals surface area contributed by atoms with Gasteiger partial charge in [0.15, 0.2) is 5.84 Å². The van der Waals surface area contributed by atoms with Crippen molar-refractivity contribution in [3.8, 4) is 0 Å². The Morgan fingerprint density at radius 2 is 2.04 bits per heavy atom. The number of benzene rings is 1. The molecule has 2 N–H and O–H groups in total. The standard InChI is InChI=1S/C20H20Cl2N4O2/c1-11-8-13(28)9-20-16(11)12(6-7-27)10-23-18(20)25-19(26(20)2)24-17-14(21)4-3-5-15(17)22/h3-5,10,27H,6-9H2,1-2H3,(H,23,24,25). The minimum Gasteiger partial charge on any atom is -0.396 e. The SMILES string of the molecule is CC1=C2C(CCO)=CN=C3N=C(Nc4c(Cl)cccc4Cl)N(C)C32CC(=O)C1. The van der Waals surface area contributed by atoms with Gasteiger partial charge in [-0.1, -0.05) is 34.8 Å². The number of nitrogens with zero attached hydrogens (tertiary/aromatic N) is 3. The number of nitrogens with one attached hydrogen (secondary N) is 1. The molecular formula is C20H20Cl2N4O2. The summed E-state index contributed by atoms with van der Waals surface area (Å²) in [4.78, 5) is 23.7. The number of carbonyl (C=O) groups is 1. The van der Waals surface area contributed by atoms with E-state index in [1.165, 1.54) is 0 Å². The topological polar surface area (TPSA) is 77.3 Å². The average Bonchev–Trinajstić information content (AvgIpc) is 2.89. The lowest BCUT2D eigenvalue weighted by Gasteiger charge is -2.44. The van der Waals surface area contributed by atoms with Crippen LogP contribution in [0.15, 0.2) is 51.1 Å². The van der Waals surface area contributed by atoms with Crippen LogP contribution in [0.5, 0.6) is 0 Å². The average molecular weight is 419 g/mol. The number of guanidine groups is 1. The highest BCUT2D eigenvalue weighted by molar-refractivity contribution is 6.40. The molecule has 0 saturated carbocycles. The van der Waals surface area contributed by atoms with Crippen molar-refractivity contribution in [2.75, 3.05) is 19.0 Å². The number of carbonyl (C=O) groups excluding carboxylic acids is 1. The summed E-state index contributed by atoms with van der Waals surface area (Å²) < 4.78 is 0. The molecule has 6 nitrogen and oxygen atoms in total. The van der Waals surface area contributed by atoms with Gasteiger partial charge >= 0.3 is 0 Å². The molecule has 4 rings (SSSR count). The lowest BCUT2D eigenvalue weighted by atomic mass is 9.70. The predicted molar refractivity (Wildman–Crippen MR) is 112 cm³/mol. The molecule has 0 fully saturated rings. The van der Waals surface area contributed by atoms with Crippen LogP contribution in [0.3, 0.4) is 0 Å². The van der Waals surface area contributed by atoms with E-state index in [1.807, 2.05) is 18.9 Å². The van der Waals surface area contributed by atoms with Gasteiger partial charge in [-0.3, -0.25) is 4.79 Å². The van der Waals surface area contributed by atoms with Gasteiger partial charge in [0.25, 0.3) is 0 Å². The van der Waals surface area contributed by atoms with Crippen molar-refractivity contribution >= 4 is 46.5 Å². The zero-order valence-electron chi connectivity index (χ0n) is 15.6. The number of para-hydroxylation sites is 1. The van der Waals surface area contributed by atoms with Crippen LogP contribution in [0.4, 0.5) is 5.69 Å². The van der Waals surface area contributed by atoms with E-state index in [0.717, 1.165) is 16.7 Å². The molecule has 3 aliphatic rings. The fraction of sp³-hybridized carbons (Fsp3) is 0.350. The number of anilines is 1. The van der Waals surface area contributed by atoms with Crippen LogP contribution in [-0.4, -0.2) is 46.8 Å². The van der Waals surface area contributed by atoms with Crippen molar-refractivity contribution in [2.24, 2.45) is 9.98 Å². The highest BCUT2D eigenvalue weighted by atomic mass is 35.5. The summed E-state index contributed by atoms with van der Waals surface area (Å²) in [5, 5.41) is 13.7. The number of aliphatic hydroxyl groups is 1. The van der Waals surface area contributed by atoms with E-state index in [1.54, 1.807) is 24.4 Å². The van der Waals surface area contributed by atoms with Gasteiger partial charge in [-0.2, -0.15) is 4.99 Å². The van der Waals surface area contributed by atoms with Crippen LogP contribution >= 0.6 is 23.2 Å². The minimum absolute atomic E-state index is 0.0163. The number of rotatable bonds is 3. The van der Waals surface area contributed by atoms with Gasteiger partial charge in [0.05, 0.1) is 15.7 Å². The number of aliphatic imine (C=N–C) groups is 2. The van der Waals surface area contributed by atoms with E-state index < -0.39 is 5.54 Å². The molecule has 1 aromatic rings. The second kappa shape index (κ2) is 7.03. The fourth-order valence-electron chi connectivity index (χ4n) is 4.28. The van der Waals surface area contributed by atoms with E-state index in [4.69, 9.17) is 23.2 Å². The van der Waals surface area contributed by atoms with E-state index in [2.05, 4.69) is 15.3 Å². The first-order valence-electron chi connectivity index (χ1n) is 9.02. The third-order valence-corrected chi connectivity index (χ3v) is 6.10. The number of amidine groups is 1. The predicted octanol–water partition coefficient (Wildman–Crippen LogP) is 3.80. The first-order chi connectivity index (χ1) is 13.4. The lowest BCUT2D eigenvalue weighted by Crippen LogP contribution is -2.56. The second-order valence-corrected chi connectivity index (χ2v) is 8.02. The molecule has 1 atom stereocenters. The zero-order valence-corrected chi connectivity index (χ0v) is 17.1. The molecule has 0 amide bonds. The van der Waals surface area contributed by atoms with Crippen molar-refractivity contribution in [2.45, 2.75) is 31.7 Å². The van der Waals surface area contributed by atoms with Crippen molar-refractivity contribution in [3.05, 3.63) is 51.2 Å². The Bertz CT molecular complexity index is 976. The van der Waals surface area contributed by atoms with Gasteiger partial charge in [0, 0.05) is 32.7 Å². The first kappa shape index (κ1) is 19.2. The monoisotopic (exact) mass is 418 g/mol. The first-order valence-corrected chi connectivity index (χ1v) is 9.78. The zero-order chi connectivity index (χ0) is 20.1. The Kier molecular flexibility index (Phi) is 4.81. The van der Waals surface area contributed by atoms with Crippen molar-refractivity contribution in [1.82, 2.24) is 4.90 Å². The van der Waals surface area contributed by atoms with E-state index in [-0.39, 0.29) is 18.8 Å². The summed E-state index contributed by atoms with van der Waals surface area (Å²) in [6.07, 6.45) is 2.91. The number of Topliss-reactive ketones (excluding diaryl/α,β-unsaturated/α-hetero) is 1. The molecule has 1 unspecified atom stereocenters. The lowest BCUT2D eigenvalue weighted by molar-refractivity contribution is -0.120. The Hall–Kier alpha value is -2.15. The molecular weight excluding hydrogens is 399 g/mol. The van der Waals surface area contributed by atoms with E-state index in [9.17, 15) is 9.90 Å². The molecule has 2 heterocycles. The van der Waals surface area contributed by atoms with Gasteiger partial charge < -0.3 is 15.3 Å². The van der Waals surface area contributed by atoms with Crippen molar-refractivity contribution in [3.63, 3.8) is 0 Å². The van der Waals surface area contributed by atoms with Crippen molar-refractivity contribution in [1.29, 1.82) is 0 Å². The van der Waals surface area contributed by atoms with Crippen LogP contribution in [0.2, 0.25) is 10.0 Å². The second-order valence-electron chi connectivity index (χ2n) is 7.20. The Morgan fingerprint density at radius 1 is 1.32 bits per heavy atom. The largest absolute Gasteiger partial charge is 0.396 e. The van der Waals surface area contributed by atoms with Crippen LogP contribution in [-0.2, 0) is 4.79 Å². The molecule has 1 aliphatic carbocycles. The normalized spacial score (nSPS) is 23.8. The van der Waals surface area contributed by atoms with Crippen LogP contribution in [0, 0.1) is 0 Å². The van der Waals surface area contributed by atoms with Gasteiger partial charge in [0.1, 0.15) is 11.3 Å². The number of aliphatic hydroxyl groups excluding tert-OH is 1. The summed E-state index contributed by atoms with van der Waals surface area (Å²) >= 11 is 12.6. The van der Waals surface area contributed by atoms with Crippen LogP contribution < -0.4 is 5.32 Å². The summed E-state index contributed by atoms with van der Waals surface area (Å²) in [6.45, 7) is 1.98. The molecule has 146 valence electrons. The molecule has 8 heteroatoms.